The highest BCUT2D eigenvalue weighted by molar-refractivity contribution is 9.10. The van der Waals surface area contributed by atoms with Gasteiger partial charge in [0.2, 0.25) is 0 Å². The molecule has 106 valence electrons. The van der Waals surface area contributed by atoms with Gasteiger partial charge in [-0.3, -0.25) is 10.8 Å². The van der Waals surface area contributed by atoms with Crippen molar-refractivity contribution in [3.8, 4) is 0 Å². The molecule has 0 fully saturated rings. The molecule has 0 bridgehead atoms. The lowest BCUT2D eigenvalue weighted by atomic mass is 9.92. The van der Waals surface area contributed by atoms with Gasteiger partial charge in [-0.2, -0.15) is 0 Å². The molecule has 3 aromatic rings. The molecule has 21 heavy (non-hydrogen) atoms. The van der Waals surface area contributed by atoms with E-state index in [4.69, 9.17) is 10.8 Å². The van der Waals surface area contributed by atoms with Crippen molar-refractivity contribution in [3.05, 3.63) is 46.1 Å². The number of fused-ring (bicyclic) bond motifs is 4. The van der Waals surface area contributed by atoms with Crippen molar-refractivity contribution in [2.45, 2.75) is 25.7 Å². The molecule has 0 saturated carbocycles. The minimum absolute atomic E-state index is 1.04. The predicted octanol–water partition coefficient (Wildman–Crippen LogP) is 4.31. The zero-order valence-electron chi connectivity index (χ0n) is 11.6. The van der Waals surface area contributed by atoms with E-state index in [9.17, 15) is 0 Å². The van der Waals surface area contributed by atoms with E-state index in [-0.39, 0.29) is 0 Å². The van der Waals surface area contributed by atoms with Crippen LogP contribution in [0, 0.1) is 0 Å². The van der Waals surface area contributed by atoms with Crippen LogP contribution in [0.15, 0.2) is 34.8 Å². The Morgan fingerprint density at radius 1 is 1.05 bits per heavy atom. The van der Waals surface area contributed by atoms with Gasteiger partial charge in [-0.15, -0.1) is 0 Å². The number of pyridine rings is 1. The molecule has 0 spiro atoms. The first kappa shape index (κ1) is 13.0. The fourth-order valence-corrected chi connectivity index (χ4v) is 3.95. The Labute approximate surface area is 131 Å². The Hall–Kier alpha value is -1.65. The lowest BCUT2D eigenvalue weighted by molar-refractivity contribution is 0.672. The van der Waals surface area contributed by atoms with E-state index in [1.54, 1.807) is 0 Å². The molecule has 0 amide bonds. The van der Waals surface area contributed by atoms with Gasteiger partial charge < -0.3 is 5.43 Å². The van der Waals surface area contributed by atoms with E-state index in [1.807, 2.05) is 0 Å². The average molecular weight is 342 g/mol. The van der Waals surface area contributed by atoms with Crippen LogP contribution >= 0.6 is 15.9 Å². The van der Waals surface area contributed by atoms with Gasteiger partial charge in [0.1, 0.15) is 0 Å². The van der Waals surface area contributed by atoms with E-state index in [1.165, 1.54) is 34.9 Å². The van der Waals surface area contributed by atoms with Crippen LogP contribution in [0.1, 0.15) is 24.1 Å². The van der Waals surface area contributed by atoms with Gasteiger partial charge in [-0.25, -0.2) is 0 Å². The maximum Gasteiger partial charge on any atom is 0.0805 e. The first-order valence-corrected chi connectivity index (χ1v) is 8.08. The topological polar surface area (TPSA) is 50.9 Å². The highest BCUT2D eigenvalue weighted by Crippen LogP contribution is 2.38. The van der Waals surface area contributed by atoms with Gasteiger partial charge in [-0.1, -0.05) is 40.2 Å². The maximum atomic E-state index is 5.84. The summed E-state index contributed by atoms with van der Waals surface area (Å²) in [4.78, 5) is 4.98. The molecule has 4 rings (SSSR count). The Morgan fingerprint density at radius 3 is 2.62 bits per heavy atom. The summed E-state index contributed by atoms with van der Waals surface area (Å²) in [5.74, 6) is 5.84. The normalized spacial score (nSPS) is 14.4. The number of anilines is 1. The second-order valence-electron chi connectivity index (χ2n) is 5.56. The van der Waals surface area contributed by atoms with Crippen LogP contribution in [-0.2, 0) is 12.8 Å². The largest absolute Gasteiger partial charge is 0.323 e. The number of nitrogens with zero attached hydrogens (tertiary/aromatic N) is 1. The molecular weight excluding hydrogens is 326 g/mol. The second-order valence-corrected chi connectivity index (χ2v) is 6.42. The summed E-state index contributed by atoms with van der Waals surface area (Å²) >= 11 is 3.68. The minimum Gasteiger partial charge on any atom is -0.323 e. The van der Waals surface area contributed by atoms with Crippen molar-refractivity contribution in [1.82, 2.24) is 4.98 Å². The Bertz CT molecular complexity index is 858. The number of aryl methyl sites for hydroxylation is 1. The molecule has 3 N–H and O–H groups in total. The molecule has 4 heteroatoms. The van der Waals surface area contributed by atoms with Crippen LogP contribution in [0.4, 0.5) is 5.69 Å². The van der Waals surface area contributed by atoms with Crippen molar-refractivity contribution in [3.63, 3.8) is 0 Å². The third kappa shape index (κ3) is 1.93. The van der Waals surface area contributed by atoms with E-state index >= 15 is 0 Å². The van der Waals surface area contributed by atoms with E-state index in [0.717, 1.165) is 33.9 Å². The molecule has 1 aliphatic carbocycles. The smallest absolute Gasteiger partial charge is 0.0805 e. The van der Waals surface area contributed by atoms with Gasteiger partial charge in [0.05, 0.1) is 11.2 Å². The van der Waals surface area contributed by atoms with Gasteiger partial charge >= 0.3 is 0 Å². The third-order valence-electron chi connectivity index (χ3n) is 4.37. The van der Waals surface area contributed by atoms with E-state index in [2.05, 4.69) is 51.7 Å². The van der Waals surface area contributed by atoms with E-state index in [0.29, 0.717) is 0 Å². The third-order valence-corrected chi connectivity index (χ3v) is 5.02. The minimum atomic E-state index is 1.04. The standard InChI is InChI=1S/C17H16BrN3/c18-14-9-13-16(11-6-2-1-5-10(11)14)20-15-8-4-3-7-12(15)17(13)21-19/h1-2,5-6,9H,3-4,7-8,19H2,(H,20,21). The number of nitrogens with two attached hydrogens (primary N) is 1. The molecule has 0 unspecified atom stereocenters. The summed E-state index contributed by atoms with van der Waals surface area (Å²) in [5, 5.41) is 3.46. The molecule has 0 aliphatic heterocycles. The number of hydrogen-bond acceptors (Lipinski definition) is 3. The SMILES string of the molecule is NNc1c2c(nc3c1cc(Br)c1ccccc13)CCCC2. The molecule has 0 saturated heterocycles. The predicted molar refractivity (Wildman–Crippen MR) is 91.4 cm³/mol. The molecule has 1 aliphatic rings. The Kier molecular flexibility index (Phi) is 3.08. The quantitative estimate of drug-likeness (QED) is 0.393. The number of hydrogen-bond donors (Lipinski definition) is 2. The van der Waals surface area contributed by atoms with Gasteiger partial charge in [-0.05, 0) is 42.7 Å². The van der Waals surface area contributed by atoms with Crippen LogP contribution in [0.3, 0.4) is 0 Å². The van der Waals surface area contributed by atoms with E-state index < -0.39 is 0 Å². The van der Waals surface area contributed by atoms with Gasteiger partial charge in [0.15, 0.2) is 0 Å². The Balaban J connectivity index is 2.20. The fraction of sp³-hybridized carbons (Fsp3) is 0.235. The zero-order chi connectivity index (χ0) is 14.4. The van der Waals surface area contributed by atoms with Crippen LogP contribution in [-0.4, -0.2) is 4.98 Å². The number of nitrogens with one attached hydrogen (secondary N) is 1. The second kappa shape index (κ2) is 4.97. The average Bonchev–Trinajstić information content (AvgIpc) is 2.53. The highest BCUT2D eigenvalue weighted by atomic mass is 79.9. The number of nitrogen functional groups attached to an aromatic ring is 1. The van der Waals surface area contributed by atoms with Crippen molar-refractivity contribution in [2.24, 2.45) is 5.84 Å². The van der Waals surface area contributed by atoms with Gasteiger partial charge in [0.25, 0.3) is 0 Å². The van der Waals surface area contributed by atoms with Crippen LogP contribution < -0.4 is 11.3 Å². The van der Waals surface area contributed by atoms with Crippen LogP contribution in [0.2, 0.25) is 0 Å². The first-order chi connectivity index (χ1) is 10.3. The number of hydrazine groups is 1. The number of benzene rings is 2. The number of rotatable bonds is 1. The Morgan fingerprint density at radius 2 is 1.81 bits per heavy atom. The first-order valence-electron chi connectivity index (χ1n) is 7.29. The summed E-state index contributed by atoms with van der Waals surface area (Å²) in [6, 6.07) is 10.5. The molecule has 3 nitrogen and oxygen atoms in total. The highest BCUT2D eigenvalue weighted by Gasteiger charge is 2.19. The monoisotopic (exact) mass is 341 g/mol. The molecular formula is C17H16BrN3. The number of aromatic nitrogens is 1. The molecule has 0 radical (unpaired) electrons. The summed E-state index contributed by atoms with van der Waals surface area (Å²) in [7, 11) is 0. The van der Waals surface area contributed by atoms with Crippen molar-refractivity contribution in [1.29, 1.82) is 0 Å². The molecule has 2 aromatic carbocycles. The van der Waals surface area contributed by atoms with Gasteiger partial charge in [0, 0.05) is 20.9 Å². The summed E-state index contributed by atoms with van der Waals surface area (Å²) in [6.07, 6.45) is 4.53. The summed E-state index contributed by atoms with van der Waals surface area (Å²) < 4.78 is 1.08. The fourth-order valence-electron chi connectivity index (χ4n) is 3.37. The summed E-state index contributed by atoms with van der Waals surface area (Å²) in [5.41, 5.74) is 7.51. The molecule has 1 heterocycles. The van der Waals surface area contributed by atoms with Crippen molar-refractivity contribution in [2.75, 3.05) is 5.43 Å². The molecule has 1 aromatic heterocycles. The summed E-state index contributed by atoms with van der Waals surface area (Å²) in [6.45, 7) is 0. The number of halogens is 1. The van der Waals surface area contributed by atoms with Crippen molar-refractivity contribution >= 4 is 43.3 Å². The van der Waals surface area contributed by atoms with Crippen molar-refractivity contribution < 1.29 is 0 Å². The lowest BCUT2D eigenvalue weighted by Crippen LogP contribution is -2.15. The van der Waals surface area contributed by atoms with Crippen LogP contribution in [0.25, 0.3) is 21.7 Å². The zero-order valence-corrected chi connectivity index (χ0v) is 13.2. The maximum absolute atomic E-state index is 5.84. The molecule has 0 atom stereocenters. The van der Waals surface area contributed by atoms with Crippen LogP contribution in [0.5, 0.6) is 0 Å². The lowest BCUT2D eigenvalue weighted by Gasteiger charge is -2.21.